The van der Waals surface area contributed by atoms with E-state index in [2.05, 4.69) is 5.32 Å². The Kier molecular flexibility index (Phi) is 6.33. The van der Waals surface area contributed by atoms with Gasteiger partial charge in [-0.15, -0.1) is 0 Å². The van der Waals surface area contributed by atoms with Gasteiger partial charge in [-0.3, -0.25) is 0 Å². The Hall–Kier alpha value is -1.93. The van der Waals surface area contributed by atoms with Crippen LogP contribution in [0.5, 0.6) is 5.75 Å². The molecule has 0 aliphatic rings. The van der Waals surface area contributed by atoms with E-state index in [0.29, 0.717) is 17.9 Å². The first-order valence-electron chi connectivity index (χ1n) is 7.55. The number of benzene rings is 2. The third-order valence-electron chi connectivity index (χ3n) is 3.66. The predicted octanol–water partition coefficient (Wildman–Crippen LogP) is 1.21. The van der Waals surface area contributed by atoms with Crippen LogP contribution in [0.4, 0.5) is 0 Å². The molecule has 0 saturated heterocycles. The lowest BCUT2D eigenvalue weighted by atomic mass is 10.1. The van der Waals surface area contributed by atoms with Gasteiger partial charge < -0.3 is 15.2 Å². The van der Waals surface area contributed by atoms with Crippen molar-refractivity contribution in [2.45, 2.75) is 17.4 Å². The van der Waals surface area contributed by atoms with Crippen LogP contribution < -0.4 is 15.2 Å². The number of sulfonamides is 1. The van der Waals surface area contributed by atoms with E-state index in [4.69, 9.17) is 9.88 Å². The summed E-state index contributed by atoms with van der Waals surface area (Å²) in [6, 6.07) is 14.2. The summed E-state index contributed by atoms with van der Waals surface area (Å²) in [7, 11) is -2.37. The molecule has 0 aliphatic carbocycles. The zero-order valence-electron chi connectivity index (χ0n) is 13.5. The van der Waals surface area contributed by atoms with E-state index in [0.717, 1.165) is 6.42 Å². The van der Waals surface area contributed by atoms with Crippen molar-refractivity contribution in [2.75, 3.05) is 20.2 Å². The molecule has 0 spiro atoms. The number of hydrogen-bond acceptors (Lipinski definition) is 5. The molecule has 0 fully saturated rings. The van der Waals surface area contributed by atoms with Crippen molar-refractivity contribution >= 4 is 10.0 Å². The van der Waals surface area contributed by atoms with Crippen molar-refractivity contribution in [1.82, 2.24) is 5.32 Å². The number of methoxy groups -OCH3 is 1. The van der Waals surface area contributed by atoms with E-state index >= 15 is 0 Å². The minimum atomic E-state index is -3.83. The number of hydrogen-bond donors (Lipinski definition) is 3. The van der Waals surface area contributed by atoms with E-state index in [-0.39, 0.29) is 11.4 Å². The quantitative estimate of drug-likeness (QED) is 0.621. The molecular formula is C17H22N2O4S. The molecule has 24 heavy (non-hydrogen) atoms. The number of nitrogens with two attached hydrogens (primary N) is 1. The molecular weight excluding hydrogens is 328 g/mol. The van der Waals surface area contributed by atoms with Gasteiger partial charge in [-0.25, -0.2) is 13.6 Å². The van der Waals surface area contributed by atoms with E-state index in [1.165, 1.54) is 30.9 Å². The Morgan fingerprint density at radius 2 is 1.92 bits per heavy atom. The highest BCUT2D eigenvalue weighted by Gasteiger charge is 2.17. The maximum absolute atomic E-state index is 11.5. The summed E-state index contributed by atoms with van der Waals surface area (Å²) in [6.45, 7) is 0.968. The molecule has 0 amide bonds. The fraction of sp³-hybridized carbons (Fsp3) is 0.294. The second-order valence-corrected chi connectivity index (χ2v) is 6.97. The molecule has 0 bridgehead atoms. The molecule has 2 aromatic rings. The summed E-state index contributed by atoms with van der Waals surface area (Å²) in [5.74, 6) is 0.416. The first kappa shape index (κ1) is 18.4. The van der Waals surface area contributed by atoms with Crippen LogP contribution in [0.1, 0.15) is 17.2 Å². The van der Waals surface area contributed by atoms with Crippen molar-refractivity contribution in [3.05, 3.63) is 59.7 Å². The molecule has 0 heterocycles. The molecule has 7 heteroatoms. The number of ether oxygens (including phenoxy) is 1. The molecule has 0 aromatic heterocycles. The van der Waals surface area contributed by atoms with Crippen LogP contribution in [0.25, 0.3) is 0 Å². The summed E-state index contributed by atoms with van der Waals surface area (Å²) in [4.78, 5) is -0.0540. The summed E-state index contributed by atoms with van der Waals surface area (Å²) in [6.07, 6.45) is -0.0699. The predicted molar refractivity (Wildman–Crippen MR) is 92.3 cm³/mol. The standard InChI is InChI=1S/C17H22N2O4S/c1-23-17-8-7-14(24(18,21)22)11-15(17)16(20)12-19-10-9-13-5-3-2-4-6-13/h2-8,11,16,19-20H,9-10,12H2,1H3,(H2,18,21,22). The van der Waals surface area contributed by atoms with Crippen LogP contribution in [0.2, 0.25) is 0 Å². The first-order chi connectivity index (χ1) is 11.4. The minimum Gasteiger partial charge on any atom is -0.496 e. The summed E-state index contributed by atoms with van der Waals surface area (Å²) < 4.78 is 28.1. The summed E-state index contributed by atoms with van der Waals surface area (Å²) in [5.41, 5.74) is 1.59. The zero-order chi connectivity index (χ0) is 17.6. The maximum Gasteiger partial charge on any atom is 0.238 e. The van der Waals surface area contributed by atoms with Gasteiger partial charge in [0, 0.05) is 12.1 Å². The molecule has 4 N–H and O–H groups in total. The first-order valence-corrected chi connectivity index (χ1v) is 9.10. The average Bonchev–Trinajstić information content (AvgIpc) is 2.58. The maximum atomic E-state index is 11.5. The second kappa shape index (κ2) is 8.25. The van der Waals surface area contributed by atoms with Gasteiger partial charge in [0.15, 0.2) is 0 Å². The molecule has 2 aromatic carbocycles. The van der Waals surface area contributed by atoms with Crippen molar-refractivity contribution < 1.29 is 18.3 Å². The molecule has 0 radical (unpaired) electrons. The van der Waals surface area contributed by atoms with Crippen molar-refractivity contribution in [2.24, 2.45) is 5.14 Å². The lowest BCUT2D eigenvalue weighted by molar-refractivity contribution is 0.170. The number of aliphatic hydroxyl groups is 1. The molecule has 0 aliphatic heterocycles. The smallest absolute Gasteiger partial charge is 0.238 e. The van der Waals surface area contributed by atoms with E-state index in [9.17, 15) is 13.5 Å². The van der Waals surface area contributed by atoms with Crippen LogP contribution in [0, 0.1) is 0 Å². The van der Waals surface area contributed by atoms with E-state index in [1.54, 1.807) is 0 Å². The van der Waals surface area contributed by atoms with Crippen LogP contribution in [0.3, 0.4) is 0 Å². The monoisotopic (exact) mass is 350 g/mol. The number of nitrogens with one attached hydrogen (secondary N) is 1. The van der Waals surface area contributed by atoms with Crippen LogP contribution >= 0.6 is 0 Å². The Balaban J connectivity index is 1.99. The van der Waals surface area contributed by atoms with Crippen molar-refractivity contribution in [3.63, 3.8) is 0 Å². The topological polar surface area (TPSA) is 102 Å². The largest absolute Gasteiger partial charge is 0.496 e. The van der Waals surface area contributed by atoms with Gasteiger partial charge in [0.05, 0.1) is 18.1 Å². The van der Waals surface area contributed by atoms with Gasteiger partial charge in [0.25, 0.3) is 0 Å². The fourth-order valence-electron chi connectivity index (χ4n) is 2.38. The highest BCUT2D eigenvalue weighted by atomic mass is 32.2. The van der Waals surface area contributed by atoms with Crippen molar-refractivity contribution in [1.29, 1.82) is 0 Å². The highest BCUT2D eigenvalue weighted by molar-refractivity contribution is 7.89. The number of rotatable bonds is 8. The lowest BCUT2D eigenvalue weighted by Gasteiger charge is -2.16. The minimum absolute atomic E-state index is 0.0540. The molecule has 1 unspecified atom stereocenters. The molecule has 130 valence electrons. The van der Waals surface area contributed by atoms with Gasteiger partial charge >= 0.3 is 0 Å². The zero-order valence-corrected chi connectivity index (χ0v) is 14.3. The molecule has 1 atom stereocenters. The Morgan fingerprint density at radius 1 is 1.21 bits per heavy atom. The highest BCUT2D eigenvalue weighted by Crippen LogP contribution is 2.27. The average molecular weight is 350 g/mol. The van der Waals surface area contributed by atoms with Crippen molar-refractivity contribution in [3.8, 4) is 5.75 Å². The van der Waals surface area contributed by atoms with Gasteiger partial charge in [0.2, 0.25) is 10.0 Å². The van der Waals surface area contributed by atoms with Crippen LogP contribution in [-0.4, -0.2) is 33.7 Å². The number of primary sulfonamides is 1. The van der Waals surface area contributed by atoms with E-state index in [1.807, 2.05) is 30.3 Å². The summed E-state index contributed by atoms with van der Waals surface area (Å²) in [5, 5.41) is 18.6. The fourth-order valence-corrected chi connectivity index (χ4v) is 2.92. The van der Waals surface area contributed by atoms with Gasteiger partial charge in [-0.1, -0.05) is 30.3 Å². The molecule has 6 nitrogen and oxygen atoms in total. The lowest BCUT2D eigenvalue weighted by Crippen LogP contribution is -2.24. The van der Waals surface area contributed by atoms with Crippen LogP contribution in [0.15, 0.2) is 53.4 Å². The molecule has 2 rings (SSSR count). The summed E-state index contributed by atoms with van der Waals surface area (Å²) >= 11 is 0. The SMILES string of the molecule is COc1ccc(S(N)(=O)=O)cc1C(O)CNCCc1ccccc1. The second-order valence-electron chi connectivity index (χ2n) is 5.40. The van der Waals surface area contributed by atoms with Gasteiger partial charge in [-0.2, -0.15) is 0 Å². The van der Waals surface area contributed by atoms with E-state index < -0.39 is 16.1 Å². The number of aliphatic hydroxyl groups excluding tert-OH is 1. The Morgan fingerprint density at radius 3 is 2.54 bits per heavy atom. The molecule has 0 saturated carbocycles. The Labute approximate surface area is 142 Å². The third kappa shape index (κ3) is 5.04. The Bertz CT molecular complexity index is 763. The normalized spacial score (nSPS) is 12.8. The van der Waals surface area contributed by atoms with Gasteiger partial charge in [0.1, 0.15) is 5.75 Å². The third-order valence-corrected chi connectivity index (χ3v) is 4.57. The van der Waals surface area contributed by atoms with Crippen LogP contribution in [-0.2, 0) is 16.4 Å². The van der Waals surface area contributed by atoms with Gasteiger partial charge in [-0.05, 0) is 36.7 Å².